The molecule has 180 valence electrons. The van der Waals surface area contributed by atoms with Crippen molar-refractivity contribution in [2.45, 2.75) is 31.5 Å². The van der Waals surface area contributed by atoms with E-state index in [2.05, 4.69) is 48.6 Å². The largest absolute Gasteiger partial charge is 0.370 e. The molecule has 0 saturated heterocycles. The van der Waals surface area contributed by atoms with E-state index in [0.29, 0.717) is 6.54 Å². The lowest BCUT2D eigenvalue weighted by molar-refractivity contribution is -0.139. The average Bonchev–Trinajstić information content (AvgIpc) is 3.32. The third kappa shape index (κ3) is 4.15. The minimum Gasteiger partial charge on any atom is -0.370 e. The Balaban J connectivity index is 1.64. The van der Waals surface area contributed by atoms with E-state index in [1.54, 1.807) is 6.92 Å². The molecule has 0 radical (unpaired) electrons. The summed E-state index contributed by atoms with van der Waals surface area (Å²) in [6.07, 6.45) is 0.841. The number of amides is 1. The second kappa shape index (κ2) is 9.33. The molecule has 1 aromatic heterocycles. The van der Waals surface area contributed by atoms with Gasteiger partial charge in [0, 0.05) is 30.1 Å². The van der Waals surface area contributed by atoms with Gasteiger partial charge in [-0.25, -0.2) is 0 Å². The van der Waals surface area contributed by atoms with Crippen LogP contribution in [0.3, 0.4) is 0 Å². The molecule has 0 saturated carbocycles. The molecule has 35 heavy (non-hydrogen) atoms. The smallest absolute Gasteiger partial charge is 0.229 e. The Morgan fingerprint density at radius 2 is 1.60 bits per heavy atom. The number of aliphatic hydroxyl groups is 1. The maximum atomic E-state index is 13.8. The van der Waals surface area contributed by atoms with Crippen molar-refractivity contribution in [3.05, 3.63) is 107 Å². The van der Waals surface area contributed by atoms with Gasteiger partial charge >= 0.3 is 0 Å². The molecule has 0 bridgehead atoms. The fourth-order valence-corrected chi connectivity index (χ4v) is 5.66. The molecular weight excluding hydrogens is 434 g/mol. The Morgan fingerprint density at radius 1 is 0.971 bits per heavy atom. The number of carbonyl (C=O) groups excluding carboxylic acids is 1. The van der Waals surface area contributed by atoms with Crippen LogP contribution >= 0.6 is 0 Å². The summed E-state index contributed by atoms with van der Waals surface area (Å²) in [5, 5.41) is 16.4. The summed E-state index contributed by atoms with van der Waals surface area (Å²) in [5.41, 5.74) is 3.92. The van der Waals surface area contributed by atoms with Crippen LogP contribution < -0.4 is 5.32 Å². The Kier molecular flexibility index (Phi) is 6.22. The molecule has 2 N–H and O–H groups in total. The van der Waals surface area contributed by atoms with Crippen LogP contribution in [0.15, 0.2) is 84.9 Å². The van der Waals surface area contributed by atoms with E-state index in [1.165, 1.54) is 5.56 Å². The summed E-state index contributed by atoms with van der Waals surface area (Å²) in [6.45, 7) is 3.10. The Bertz CT molecular complexity index is 1330. The monoisotopic (exact) mass is 467 g/mol. The Morgan fingerprint density at radius 3 is 2.29 bits per heavy atom. The molecule has 1 amide bonds. The number of nitrogens with one attached hydrogen (secondary N) is 1. The van der Waals surface area contributed by atoms with Gasteiger partial charge < -0.3 is 19.9 Å². The summed E-state index contributed by atoms with van der Waals surface area (Å²) < 4.78 is 2.03. The van der Waals surface area contributed by atoms with Crippen molar-refractivity contribution >= 4 is 16.8 Å². The van der Waals surface area contributed by atoms with Crippen LogP contribution in [0, 0.1) is 5.92 Å². The third-order valence-corrected chi connectivity index (χ3v) is 7.25. The summed E-state index contributed by atoms with van der Waals surface area (Å²) >= 11 is 0. The molecule has 5 rings (SSSR count). The maximum Gasteiger partial charge on any atom is 0.229 e. The van der Waals surface area contributed by atoms with Crippen LogP contribution in [-0.2, 0) is 23.5 Å². The highest BCUT2D eigenvalue weighted by molar-refractivity contribution is 5.90. The van der Waals surface area contributed by atoms with Crippen molar-refractivity contribution in [1.82, 2.24) is 14.8 Å². The summed E-state index contributed by atoms with van der Waals surface area (Å²) in [7, 11) is 4.15. The molecule has 3 aromatic carbocycles. The SMILES string of the molecule is CN(C)CCc1c2n(c3ccccc13)C(C)(O)C(C(=O)NCc1ccccc1)C2c1ccccc1. The van der Waals surface area contributed by atoms with Crippen molar-refractivity contribution in [3.8, 4) is 0 Å². The first-order chi connectivity index (χ1) is 16.9. The van der Waals surface area contributed by atoms with Gasteiger partial charge in [-0.15, -0.1) is 0 Å². The van der Waals surface area contributed by atoms with Crippen molar-refractivity contribution in [1.29, 1.82) is 0 Å². The summed E-state index contributed by atoms with van der Waals surface area (Å²) in [5.74, 6) is -1.06. The van der Waals surface area contributed by atoms with Crippen LogP contribution in [0.5, 0.6) is 0 Å². The zero-order valence-corrected chi connectivity index (χ0v) is 20.6. The van der Waals surface area contributed by atoms with Gasteiger partial charge in [0.15, 0.2) is 5.72 Å². The fourth-order valence-electron chi connectivity index (χ4n) is 5.66. The van der Waals surface area contributed by atoms with Gasteiger partial charge in [-0.1, -0.05) is 78.9 Å². The third-order valence-electron chi connectivity index (χ3n) is 7.25. The standard InChI is InChI=1S/C30H33N3O2/c1-30(35)27(29(34)31-20-21-12-6-4-7-13-21)26(22-14-8-5-9-15-22)28-24(18-19-32(2)3)23-16-10-11-17-25(23)33(28)30/h4-17,26-27,35H,18-20H2,1-3H3,(H,31,34). The van der Waals surface area contributed by atoms with Crippen LogP contribution in [-0.4, -0.2) is 41.1 Å². The number of rotatable bonds is 7. The van der Waals surface area contributed by atoms with E-state index in [9.17, 15) is 9.90 Å². The second-order valence-electron chi connectivity index (χ2n) is 9.93. The Hall–Kier alpha value is -3.41. The lowest BCUT2D eigenvalue weighted by Crippen LogP contribution is -2.44. The van der Waals surface area contributed by atoms with Crippen molar-refractivity contribution in [2.24, 2.45) is 5.92 Å². The van der Waals surface area contributed by atoms with Gasteiger partial charge in [-0.05, 0) is 50.2 Å². The second-order valence-corrected chi connectivity index (χ2v) is 9.93. The number of fused-ring (bicyclic) bond motifs is 3. The highest BCUT2D eigenvalue weighted by Gasteiger charge is 2.54. The fraction of sp³-hybridized carbons (Fsp3) is 0.300. The zero-order valence-electron chi connectivity index (χ0n) is 20.6. The van der Waals surface area contributed by atoms with E-state index >= 15 is 0 Å². The number of aromatic nitrogens is 1. The highest BCUT2D eigenvalue weighted by Crippen LogP contribution is 2.52. The molecule has 0 fully saturated rings. The minimum atomic E-state index is -1.38. The van der Waals surface area contributed by atoms with E-state index in [4.69, 9.17) is 0 Å². The number of likely N-dealkylation sites (N-methyl/N-ethyl adjacent to an activating group) is 1. The molecule has 5 heteroatoms. The molecule has 1 aliphatic rings. The quantitative estimate of drug-likeness (QED) is 0.421. The topological polar surface area (TPSA) is 57.5 Å². The predicted molar refractivity (Wildman–Crippen MR) is 140 cm³/mol. The van der Waals surface area contributed by atoms with Crippen molar-refractivity contribution in [2.75, 3.05) is 20.6 Å². The first kappa shape index (κ1) is 23.3. The highest BCUT2D eigenvalue weighted by atomic mass is 16.3. The Labute approximate surface area is 207 Å². The van der Waals surface area contributed by atoms with E-state index in [0.717, 1.165) is 40.7 Å². The number of carbonyl (C=O) groups is 1. The van der Waals surface area contributed by atoms with Gasteiger partial charge in [0.2, 0.25) is 5.91 Å². The number of nitrogens with zero attached hydrogens (tertiary/aromatic N) is 2. The molecular formula is C30H33N3O2. The van der Waals surface area contributed by atoms with Gasteiger partial charge in [0.25, 0.3) is 0 Å². The molecule has 1 aliphatic heterocycles. The average molecular weight is 468 g/mol. The van der Waals surface area contributed by atoms with Crippen LogP contribution in [0.1, 0.15) is 35.2 Å². The molecule has 3 unspecified atom stereocenters. The van der Waals surface area contributed by atoms with Crippen molar-refractivity contribution in [3.63, 3.8) is 0 Å². The molecule has 4 aromatic rings. The summed E-state index contributed by atoms with van der Waals surface area (Å²) in [4.78, 5) is 16.0. The number of benzene rings is 3. The lowest BCUT2D eigenvalue weighted by atomic mass is 9.79. The van der Waals surface area contributed by atoms with Gasteiger partial charge in [0.1, 0.15) is 0 Å². The van der Waals surface area contributed by atoms with Crippen LogP contribution in [0.2, 0.25) is 0 Å². The van der Waals surface area contributed by atoms with E-state index < -0.39 is 11.6 Å². The first-order valence-corrected chi connectivity index (χ1v) is 12.3. The van der Waals surface area contributed by atoms with Gasteiger partial charge in [-0.3, -0.25) is 4.79 Å². The number of para-hydroxylation sites is 1. The molecule has 0 spiro atoms. The van der Waals surface area contributed by atoms with E-state index in [-0.39, 0.29) is 11.8 Å². The van der Waals surface area contributed by atoms with E-state index in [1.807, 2.05) is 65.2 Å². The molecule has 2 heterocycles. The minimum absolute atomic E-state index is 0.140. The number of hydrogen-bond acceptors (Lipinski definition) is 3. The normalized spacial score (nSPS) is 21.4. The first-order valence-electron chi connectivity index (χ1n) is 12.3. The van der Waals surface area contributed by atoms with Gasteiger partial charge in [0.05, 0.1) is 11.4 Å². The van der Waals surface area contributed by atoms with Crippen LogP contribution in [0.4, 0.5) is 0 Å². The number of hydrogen-bond donors (Lipinski definition) is 2. The lowest BCUT2D eigenvalue weighted by Gasteiger charge is -2.30. The van der Waals surface area contributed by atoms with Crippen LogP contribution in [0.25, 0.3) is 10.9 Å². The van der Waals surface area contributed by atoms with Gasteiger partial charge in [-0.2, -0.15) is 0 Å². The molecule has 5 nitrogen and oxygen atoms in total. The zero-order chi connectivity index (χ0) is 24.6. The summed E-state index contributed by atoms with van der Waals surface area (Å²) in [6, 6.07) is 28.3. The van der Waals surface area contributed by atoms with Crippen molar-refractivity contribution < 1.29 is 9.90 Å². The molecule has 3 atom stereocenters. The predicted octanol–water partition coefficient (Wildman–Crippen LogP) is 4.49. The maximum absolute atomic E-state index is 13.8. The molecule has 0 aliphatic carbocycles.